The van der Waals surface area contributed by atoms with Crippen LogP contribution in [-0.4, -0.2) is 23.9 Å². The number of likely N-dealkylation sites (tertiary alicyclic amines) is 1. The van der Waals surface area contributed by atoms with E-state index < -0.39 is 0 Å². The van der Waals surface area contributed by atoms with E-state index in [1.54, 1.807) is 0 Å². The topological polar surface area (TPSA) is 53.1 Å². The number of guanidine groups is 1. The van der Waals surface area contributed by atoms with Gasteiger partial charge in [0.2, 0.25) is 0 Å². The summed E-state index contributed by atoms with van der Waals surface area (Å²) in [6, 6.07) is 0. The van der Waals surface area contributed by atoms with Crippen molar-refractivity contribution in [2.24, 2.45) is 17.6 Å². The number of nitrogens with two attached hydrogens (primary N) is 1. The Morgan fingerprint density at radius 1 is 1.43 bits per heavy atom. The van der Waals surface area contributed by atoms with Gasteiger partial charge in [-0.25, -0.2) is 0 Å². The summed E-state index contributed by atoms with van der Waals surface area (Å²) in [4.78, 5) is 1.98. The summed E-state index contributed by atoms with van der Waals surface area (Å²) in [6.07, 6.45) is 5.12. The van der Waals surface area contributed by atoms with Gasteiger partial charge in [0.15, 0.2) is 5.96 Å². The molecular weight excluding hydrogens is 174 g/mol. The molecule has 0 atom stereocenters. The Morgan fingerprint density at radius 2 is 2.00 bits per heavy atom. The molecule has 1 fully saturated rings. The lowest BCUT2D eigenvalue weighted by Crippen LogP contribution is -2.42. The van der Waals surface area contributed by atoms with Gasteiger partial charge in [-0.1, -0.05) is 26.7 Å². The summed E-state index contributed by atoms with van der Waals surface area (Å²) < 4.78 is 0. The number of nitrogens with one attached hydrogen (secondary N) is 1. The maximum absolute atomic E-state index is 7.33. The molecule has 3 heteroatoms. The molecule has 0 unspecified atom stereocenters. The highest BCUT2D eigenvalue weighted by Gasteiger charge is 2.19. The fourth-order valence-corrected chi connectivity index (χ4v) is 2.03. The Kier molecular flexibility index (Phi) is 4.23. The Bertz CT molecular complexity index is 181. The molecule has 14 heavy (non-hydrogen) atoms. The van der Waals surface area contributed by atoms with E-state index in [9.17, 15) is 0 Å². The predicted molar refractivity (Wildman–Crippen MR) is 60.3 cm³/mol. The third-order valence-corrected chi connectivity index (χ3v) is 3.11. The molecule has 1 aliphatic rings. The summed E-state index contributed by atoms with van der Waals surface area (Å²) in [5.74, 6) is 1.93. The normalized spacial score (nSPS) is 18.9. The van der Waals surface area contributed by atoms with E-state index in [0.29, 0.717) is 0 Å². The number of hydrogen-bond donors (Lipinski definition) is 2. The second kappa shape index (κ2) is 5.23. The Balaban J connectivity index is 2.19. The van der Waals surface area contributed by atoms with Crippen LogP contribution in [0.2, 0.25) is 0 Å². The molecule has 82 valence electrons. The van der Waals surface area contributed by atoms with Crippen molar-refractivity contribution in [3.63, 3.8) is 0 Å². The van der Waals surface area contributed by atoms with Gasteiger partial charge in [-0.3, -0.25) is 5.41 Å². The molecule has 1 aliphatic heterocycles. The molecule has 0 aromatic rings. The molecule has 0 amide bonds. The first-order chi connectivity index (χ1) is 6.59. The van der Waals surface area contributed by atoms with Crippen molar-refractivity contribution in [3.8, 4) is 0 Å². The van der Waals surface area contributed by atoms with Crippen LogP contribution in [0.5, 0.6) is 0 Å². The molecule has 3 N–H and O–H groups in total. The first-order valence-corrected chi connectivity index (χ1v) is 5.68. The van der Waals surface area contributed by atoms with Crippen LogP contribution in [0.4, 0.5) is 0 Å². The van der Waals surface area contributed by atoms with Gasteiger partial charge in [-0.05, 0) is 24.7 Å². The van der Waals surface area contributed by atoms with Crippen molar-refractivity contribution in [3.05, 3.63) is 0 Å². The molecule has 0 aromatic heterocycles. The molecule has 0 aromatic carbocycles. The van der Waals surface area contributed by atoms with Crippen molar-refractivity contribution in [2.45, 2.75) is 39.5 Å². The lowest BCUT2D eigenvalue weighted by atomic mass is 9.90. The van der Waals surface area contributed by atoms with Gasteiger partial charge in [-0.2, -0.15) is 0 Å². The van der Waals surface area contributed by atoms with Gasteiger partial charge in [0.1, 0.15) is 0 Å². The van der Waals surface area contributed by atoms with Crippen LogP contribution in [0.25, 0.3) is 0 Å². The Morgan fingerprint density at radius 3 is 2.43 bits per heavy atom. The minimum absolute atomic E-state index is 0.243. The second-order valence-electron chi connectivity index (χ2n) is 4.79. The van der Waals surface area contributed by atoms with E-state index in [1.165, 1.54) is 25.7 Å². The molecular formula is C11H23N3. The summed E-state index contributed by atoms with van der Waals surface area (Å²) >= 11 is 0. The summed E-state index contributed by atoms with van der Waals surface area (Å²) in [6.45, 7) is 6.53. The third-order valence-electron chi connectivity index (χ3n) is 3.11. The molecule has 0 spiro atoms. The van der Waals surface area contributed by atoms with Crippen LogP contribution in [0.15, 0.2) is 0 Å². The average Bonchev–Trinajstić information content (AvgIpc) is 2.15. The molecule has 3 nitrogen and oxygen atoms in total. The fourth-order valence-electron chi connectivity index (χ4n) is 2.03. The highest BCUT2D eigenvalue weighted by Crippen LogP contribution is 2.23. The van der Waals surface area contributed by atoms with E-state index >= 15 is 0 Å². The first-order valence-electron chi connectivity index (χ1n) is 5.68. The molecule has 1 rings (SSSR count). The van der Waals surface area contributed by atoms with Crippen molar-refractivity contribution in [1.82, 2.24) is 4.90 Å². The maximum Gasteiger partial charge on any atom is 0.188 e. The molecule has 0 radical (unpaired) electrons. The minimum atomic E-state index is 0.243. The zero-order valence-electron chi connectivity index (χ0n) is 9.42. The number of piperidine rings is 1. The zero-order chi connectivity index (χ0) is 10.6. The van der Waals surface area contributed by atoms with Gasteiger partial charge in [-0.15, -0.1) is 0 Å². The van der Waals surface area contributed by atoms with E-state index in [0.717, 1.165) is 24.9 Å². The minimum Gasteiger partial charge on any atom is -0.370 e. The standard InChI is InChI=1S/C11H23N3/c1-9(2)3-4-10-5-7-14(8-6-10)11(12)13/h9-10H,3-8H2,1-2H3,(H3,12,13). The lowest BCUT2D eigenvalue weighted by molar-refractivity contribution is 0.244. The van der Waals surface area contributed by atoms with E-state index in [-0.39, 0.29) is 5.96 Å². The van der Waals surface area contributed by atoms with E-state index in [1.807, 2.05) is 4.90 Å². The zero-order valence-corrected chi connectivity index (χ0v) is 9.42. The van der Waals surface area contributed by atoms with Crippen LogP contribution in [0.1, 0.15) is 39.5 Å². The summed E-state index contributed by atoms with van der Waals surface area (Å²) in [5.41, 5.74) is 5.44. The van der Waals surface area contributed by atoms with E-state index in [4.69, 9.17) is 11.1 Å². The van der Waals surface area contributed by atoms with Crippen molar-refractivity contribution >= 4 is 5.96 Å². The quantitative estimate of drug-likeness (QED) is 0.537. The third kappa shape index (κ3) is 3.56. The summed E-state index contributed by atoms with van der Waals surface area (Å²) in [5, 5.41) is 7.33. The van der Waals surface area contributed by atoms with Gasteiger partial charge in [0.25, 0.3) is 0 Å². The van der Waals surface area contributed by atoms with Crippen molar-refractivity contribution in [1.29, 1.82) is 5.41 Å². The first kappa shape index (κ1) is 11.3. The largest absolute Gasteiger partial charge is 0.370 e. The van der Waals surface area contributed by atoms with Crippen LogP contribution in [0.3, 0.4) is 0 Å². The fraction of sp³-hybridized carbons (Fsp3) is 0.909. The Labute approximate surface area is 87.2 Å². The highest BCUT2D eigenvalue weighted by molar-refractivity contribution is 5.74. The Hall–Kier alpha value is -0.730. The van der Waals surface area contributed by atoms with Gasteiger partial charge in [0.05, 0.1) is 0 Å². The van der Waals surface area contributed by atoms with Crippen LogP contribution < -0.4 is 5.73 Å². The van der Waals surface area contributed by atoms with Crippen LogP contribution in [0, 0.1) is 17.2 Å². The number of nitrogens with zero attached hydrogens (tertiary/aromatic N) is 1. The SMILES string of the molecule is CC(C)CCC1CCN(C(=N)N)CC1. The molecule has 1 saturated heterocycles. The lowest BCUT2D eigenvalue weighted by Gasteiger charge is -2.32. The molecule has 0 aliphatic carbocycles. The van der Waals surface area contributed by atoms with Gasteiger partial charge >= 0.3 is 0 Å². The predicted octanol–water partition coefficient (Wildman–Crippen LogP) is 2.03. The monoisotopic (exact) mass is 197 g/mol. The average molecular weight is 197 g/mol. The molecule has 1 heterocycles. The van der Waals surface area contributed by atoms with Gasteiger partial charge < -0.3 is 10.6 Å². The van der Waals surface area contributed by atoms with Crippen LogP contribution in [-0.2, 0) is 0 Å². The van der Waals surface area contributed by atoms with Crippen LogP contribution >= 0.6 is 0 Å². The highest BCUT2D eigenvalue weighted by atomic mass is 15.2. The number of hydrogen-bond acceptors (Lipinski definition) is 1. The molecule has 0 bridgehead atoms. The van der Waals surface area contributed by atoms with Crippen molar-refractivity contribution < 1.29 is 0 Å². The smallest absolute Gasteiger partial charge is 0.188 e. The second-order valence-corrected chi connectivity index (χ2v) is 4.79. The number of rotatable bonds is 3. The van der Waals surface area contributed by atoms with E-state index in [2.05, 4.69) is 13.8 Å². The maximum atomic E-state index is 7.33. The molecule has 0 saturated carbocycles. The summed E-state index contributed by atoms with van der Waals surface area (Å²) in [7, 11) is 0. The van der Waals surface area contributed by atoms with Crippen molar-refractivity contribution in [2.75, 3.05) is 13.1 Å². The van der Waals surface area contributed by atoms with Gasteiger partial charge in [0, 0.05) is 13.1 Å².